The minimum Gasteiger partial charge on any atom is -0.495 e. The number of ether oxygens (including phenoxy) is 2. The van der Waals surface area contributed by atoms with E-state index < -0.39 is 17.2 Å². The van der Waals surface area contributed by atoms with Crippen molar-refractivity contribution >= 4 is 29.1 Å². The number of amides is 2. The van der Waals surface area contributed by atoms with Crippen LogP contribution in [-0.2, 0) is 16.1 Å². The number of aromatic nitrogens is 1. The summed E-state index contributed by atoms with van der Waals surface area (Å²) in [4.78, 5) is 29.4. The number of anilines is 1. The van der Waals surface area contributed by atoms with Crippen LogP contribution in [0, 0.1) is 5.41 Å². The maximum atomic E-state index is 12.7. The molecule has 144 valence electrons. The van der Waals surface area contributed by atoms with E-state index in [1.165, 1.54) is 34.1 Å². The fourth-order valence-corrected chi connectivity index (χ4v) is 2.47. The number of carbonyl (C=O) groups is 2. The normalized spacial score (nSPS) is 10.9. The van der Waals surface area contributed by atoms with E-state index in [0.717, 1.165) is 0 Å². The lowest BCUT2D eigenvalue weighted by Gasteiger charge is -2.23. The lowest BCUT2D eigenvalue weighted by molar-refractivity contribution is -0.138. The first-order valence-electron chi connectivity index (χ1n) is 8.20. The van der Waals surface area contributed by atoms with Gasteiger partial charge < -0.3 is 20.1 Å². The van der Waals surface area contributed by atoms with Crippen molar-refractivity contribution < 1.29 is 19.1 Å². The Kier molecular flexibility index (Phi) is 6.63. The van der Waals surface area contributed by atoms with E-state index in [9.17, 15) is 9.59 Å². The second-order valence-corrected chi connectivity index (χ2v) is 6.68. The highest BCUT2D eigenvalue weighted by Crippen LogP contribution is 2.36. The second kappa shape index (κ2) is 8.73. The lowest BCUT2D eigenvalue weighted by Crippen LogP contribution is -2.45. The molecule has 1 heterocycles. The smallest absolute Gasteiger partial charge is 0.239 e. The third-order valence-electron chi connectivity index (χ3n) is 4.01. The molecular formula is C19H22ClN3O4. The van der Waals surface area contributed by atoms with Gasteiger partial charge in [-0.25, -0.2) is 0 Å². The highest BCUT2D eigenvalue weighted by atomic mass is 35.5. The van der Waals surface area contributed by atoms with E-state index in [-0.39, 0.29) is 6.54 Å². The summed E-state index contributed by atoms with van der Waals surface area (Å²) >= 11 is 6.07. The molecule has 8 heteroatoms. The molecule has 27 heavy (non-hydrogen) atoms. The first-order chi connectivity index (χ1) is 12.8. The van der Waals surface area contributed by atoms with E-state index in [2.05, 4.69) is 15.6 Å². The minimum absolute atomic E-state index is 0.231. The van der Waals surface area contributed by atoms with Crippen LogP contribution >= 0.6 is 11.6 Å². The van der Waals surface area contributed by atoms with Crippen LogP contribution in [0.5, 0.6) is 11.5 Å². The molecule has 1 aromatic carbocycles. The van der Waals surface area contributed by atoms with Crippen molar-refractivity contribution in [3.8, 4) is 11.5 Å². The van der Waals surface area contributed by atoms with Gasteiger partial charge in [-0.2, -0.15) is 0 Å². The van der Waals surface area contributed by atoms with Crippen molar-refractivity contribution in [1.29, 1.82) is 0 Å². The van der Waals surface area contributed by atoms with E-state index in [1.54, 1.807) is 24.4 Å². The molecule has 0 saturated heterocycles. The number of nitrogens with zero attached hydrogens (tertiary/aromatic N) is 1. The largest absolute Gasteiger partial charge is 0.495 e. The van der Waals surface area contributed by atoms with E-state index >= 15 is 0 Å². The van der Waals surface area contributed by atoms with Gasteiger partial charge in [-0.15, -0.1) is 0 Å². The first kappa shape index (κ1) is 20.5. The predicted molar refractivity (Wildman–Crippen MR) is 103 cm³/mol. The molecule has 7 nitrogen and oxygen atoms in total. The minimum atomic E-state index is -1.33. The van der Waals surface area contributed by atoms with E-state index in [4.69, 9.17) is 21.1 Å². The summed E-state index contributed by atoms with van der Waals surface area (Å²) < 4.78 is 10.4. The molecule has 2 rings (SSSR count). The lowest BCUT2D eigenvalue weighted by atomic mass is 9.91. The Morgan fingerprint density at radius 1 is 1.11 bits per heavy atom. The molecule has 1 aromatic heterocycles. The van der Waals surface area contributed by atoms with Crippen molar-refractivity contribution in [3.63, 3.8) is 0 Å². The van der Waals surface area contributed by atoms with Gasteiger partial charge in [-0.05, 0) is 26.0 Å². The summed E-state index contributed by atoms with van der Waals surface area (Å²) in [5.74, 6) is -0.182. The van der Waals surface area contributed by atoms with Crippen LogP contribution in [0.3, 0.4) is 0 Å². The quantitative estimate of drug-likeness (QED) is 0.708. The highest BCUT2D eigenvalue weighted by molar-refractivity contribution is 6.32. The second-order valence-electron chi connectivity index (χ2n) is 6.27. The van der Waals surface area contributed by atoms with Gasteiger partial charge in [-0.1, -0.05) is 17.7 Å². The molecule has 0 unspecified atom stereocenters. The van der Waals surface area contributed by atoms with Gasteiger partial charge in [0.05, 0.1) is 37.2 Å². The van der Waals surface area contributed by atoms with E-state index in [0.29, 0.717) is 27.9 Å². The van der Waals surface area contributed by atoms with Crippen LogP contribution in [-0.4, -0.2) is 31.0 Å². The van der Waals surface area contributed by atoms with Gasteiger partial charge in [0.25, 0.3) is 0 Å². The molecule has 0 saturated carbocycles. The first-order valence-corrected chi connectivity index (χ1v) is 8.58. The van der Waals surface area contributed by atoms with Crippen LogP contribution in [0.1, 0.15) is 19.5 Å². The average Bonchev–Trinajstić information content (AvgIpc) is 2.67. The summed E-state index contributed by atoms with van der Waals surface area (Å²) in [6, 6.07) is 8.48. The predicted octanol–water partition coefficient (Wildman–Crippen LogP) is 3.03. The molecule has 2 amide bonds. The van der Waals surface area contributed by atoms with Gasteiger partial charge in [0.2, 0.25) is 11.8 Å². The Hall–Kier alpha value is -2.80. The Morgan fingerprint density at radius 2 is 1.81 bits per heavy atom. The average molecular weight is 392 g/mol. The number of hydrogen-bond donors (Lipinski definition) is 2. The Balaban J connectivity index is 2.12. The zero-order valence-corrected chi connectivity index (χ0v) is 16.4. The van der Waals surface area contributed by atoms with Crippen molar-refractivity contribution in [3.05, 3.63) is 47.2 Å². The number of carbonyl (C=O) groups excluding carboxylic acids is 2. The molecule has 0 radical (unpaired) electrons. The van der Waals surface area contributed by atoms with Crippen molar-refractivity contribution in [2.24, 2.45) is 5.41 Å². The van der Waals surface area contributed by atoms with Crippen LogP contribution in [0.25, 0.3) is 0 Å². The molecule has 0 atom stereocenters. The maximum absolute atomic E-state index is 12.7. The Labute approximate surface area is 163 Å². The van der Waals surface area contributed by atoms with Crippen LogP contribution < -0.4 is 20.1 Å². The Morgan fingerprint density at radius 3 is 2.41 bits per heavy atom. The van der Waals surface area contributed by atoms with Gasteiger partial charge >= 0.3 is 0 Å². The number of rotatable bonds is 7. The highest BCUT2D eigenvalue weighted by Gasteiger charge is 2.36. The van der Waals surface area contributed by atoms with Crippen molar-refractivity contribution in [2.75, 3.05) is 19.5 Å². The Bertz CT molecular complexity index is 825. The van der Waals surface area contributed by atoms with Gasteiger partial charge in [0.15, 0.2) is 0 Å². The molecule has 0 aliphatic carbocycles. The van der Waals surface area contributed by atoms with Crippen LogP contribution in [0.2, 0.25) is 5.02 Å². The third-order valence-corrected chi connectivity index (χ3v) is 4.31. The SMILES string of the molecule is COc1cc(NC(=O)C(C)(C)C(=O)NCc2ccccn2)c(OC)cc1Cl. The number of hydrogen-bond acceptors (Lipinski definition) is 5. The third kappa shape index (κ3) is 4.89. The number of nitrogens with one attached hydrogen (secondary N) is 2. The molecule has 2 aromatic rings. The molecule has 0 aliphatic rings. The van der Waals surface area contributed by atoms with Crippen LogP contribution in [0.15, 0.2) is 36.5 Å². The van der Waals surface area contributed by atoms with Crippen molar-refractivity contribution in [1.82, 2.24) is 10.3 Å². The van der Waals surface area contributed by atoms with Crippen molar-refractivity contribution in [2.45, 2.75) is 20.4 Å². The molecule has 0 fully saturated rings. The summed E-state index contributed by atoms with van der Waals surface area (Å²) in [5, 5.41) is 5.78. The summed E-state index contributed by atoms with van der Waals surface area (Å²) in [5.41, 5.74) is -0.271. The van der Waals surface area contributed by atoms with Gasteiger partial charge in [0, 0.05) is 18.3 Å². The topological polar surface area (TPSA) is 89.5 Å². The fourth-order valence-electron chi connectivity index (χ4n) is 2.23. The zero-order valence-electron chi connectivity index (χ0n) is 15.6. The molecule has 0 bridgehead atoms. The summed E-state index contributed by atoms with van der Waals surface area (Å²) in [6.45, 7) is 3.31. The number of halogens is 1. The molecular weight excluding hydrogens is 370 g/mol. The van der Waals surface area contributed by atoms with Crippen LogP contribution in [0.4, 0.5) is 5.69 Å². The maximum Gasteiger partial charge on any atom is 0.239 e. The van der Waals surface area contributed by atoms with E-state index in [1.807, 2.05) is 6.07 Å². The monoisotopic (exact) mass is 391 g/mol. The fraction of sp³-hybridized carbons (Fsp3) is 0.316. The molecule has 2 N–H and O–H groups in total. The standard InChI is InChI=1S/C19H22ClN3O4/c1-19(2,17(24)22-11-12-7-5-6-8-21-12)18(25)23-14-10-15(26-3)13(20)9-16(14)27-4/h5-10H,11H2,1-4H3,(H,22,24)(H,23,25). The zero-order chi connectivity index (χ0) is 20.0. The molecule has 0 spiro atoms. The summed E-state index contributed by atoms with van der Waals surface area (Å²) in [6.07, 6.45) is 1.64. The summed E-state index contributed by atoms with van der Waals surface area (Å²) in [7, 11) is 2.92. The number of benzene rings is 1. The van der Waals surface area contributed by atoms with Gasteiger partial charge in [-0.3, -0.25) is 14.6 Å². The molecule has 0 aliphatic heterocycles. The van der Waals surface area contributed by atoms with Gasteiger partial charge in [0.1, 0.15) is 16.9 Å². The number of pyridine rings is 1. The number of methoxy groups -OCH3 is 2.